The maximum Gasteiger partial charge on any atom is 0.481 e. The summed E-state index contributed by atoms with van der Waals surface area (Å²) < 4.78 is 39.1. The fraction of sp³-hybridized carbons (Fsp3) is 0.632. The quantitative estimate of drug-likeness (QED) is 0.0364. The Morgan fingerprint density at radius 1 is 1.25 bits per heavy atom. The molecule has 2 aliphatic heterocycles. The van der Waals surface area contributed by atoms with Gasteiger partial charge in [0.25, 0.3) is 0 Å². The second-order valence-corrected chi connectivity index (χ2v) is 13.8. The molecule has 244 valence electrons. The van der Waals surface area contributed by atoms with Crippen molar-refractivity contribution in [3.8, 4) is 0 Å². The van der Waals surface area contributed by atoms with E-state index in [4.69, 9.17) is 36.6 Å². The summed E-state index contributed by atoms with van der Waals surface area (Å²) in [6, 6.07) is 0. The number of anilines is 1. The molecule has 0 bridgehead atoms. The fourth-order valence-corrected chi connectivity index (χ4v) is 7.66. The Hall–Kier alpha value is -2.24. The van der Waals surface area contributed by atoms with E-state index in [9.17, 15) is 45.4 Å². The van der Waals surface area contributed by atoms with Crippen molar-refractivity contribution >= 4 is 43.3 Å². The molecule has 22 nitrogen and oxygen atoms in total. The van der Waals surface area contributed by atoms with Crippen LogP contribution in [0.1, 0.15) is 6.23 Å². The lowest BCUT2D eigenvalue weighted by Gasteiger charge is -2.41. The summed E-state index contributed by atoms with van der Waals surface area (Å²) in [6.45, 7) is -2.93. The number of nitrogens with zero attached hydrogens (tertiary/aromatic N) is 7. The monoisotopic (exact) mass is 686 g/mol. The number of imidazole rings is 1. The minimum Gasteiger partial charge on any atom is -0.394 e. The number of rotatable bonds is 12. The molecule has 0 radical (unpaired) electrons. The summed E-state index contributed by atoms with van der Waals surface area (Å²) in [5.41, 5.74) is 13.4. The lowest BCUT2D eigenvalue weighted by Crippen LogP contribution is -2.61. The van der Waals surface area contributed by atoms with Gasteiger partial charge in [-0.25, -0.2) is 23.8 Å². The van der Waals surface area contributed by atoms with Gasteiger partial charge >= 0.3 is 14.5 Å². The van der Waals surface area contributed by atoms with Gasteiger partial charge in [-0.3, -0.25) is 9.09 Å². The molecular formula is C19H28N8O14P2S. The molecular weight excluding hydrogens is 658 g/mol. The largest absolute Gasteiger partial charge is 0.481 e. The van der Waals surface area contributed by atoms with Crippen molar-refractivity contribution in [3.05, 3.63) is 35.8 Å². The van der Waals surface area contributed by atoms with Crippen LogP contribution in [0.25, 0.3) is 21.6 Å². The van der Waals surface area contributed by atoms with Crippen LogP contribution in [-0.2, 0) is 39.2 Å². The third-order valence-corrected chi connectivity index (χ3v) is 10.2. The van der Waals surface area contributed by atoms with Crippen molar-refractivity contribution < 1.29 is 67.8 Å². The summed E-state index contributed by atoms with van der Waals surface area (Å²) in [4.78, 5) is 35.5. The van der Waals surface area contributed by atoms with Crippen molar-refractivity contribution in [2.75, 3.05) is 18.9 Å². The smallest absolute Gasteiger partial charge is 0.394 e. The van der Waals surface area contributed by atoms with E-state index in [0.717, 1.165) is 12.4 Å². The number of aliphatic hydroxyl groups excluding tert-OH is 6. The highest BCUT2D eigenvalue weighted by atomic mass is 32.5. The van der Waals surface area contributed by atoms with E-state index in [1.165, 1.54) is 10.9 Å². The number of aromatic nitrogens is 4. The number of nitrogens with two attached hydrogens (primary N) is 1. The molecule has 0 spiro atoms. The van der Waals surface area contributed by atoms with Crippen LogP contribution in [0.5, 0.6) is 0 Å². The highest BCUT2D eigenvalue weighted by Crippen LogP contribution is 2.62. The summed E-state index contributed by atoms with van der Waals surface area (Å²) in [5.74, 6) is 0.0193. The third kappa shape index (κ3) is 6.65. The Morgan fingerprint density at radius 3 is 2.59 bits per heavy atom. The van der Waals surface area contributed by atoms with E-state index in [2.05, 4.69) is 40.4 Å². The summed E-state index contributed by atoms with van der Waals surface area (Å²) in [7, 11) is -5.51. The van der Waals surface area contributed by atoms with Crippen LogP contribution in [0.2, 0.25) is 0 Å². The predicted octanol–water partition coefficient (Wildman–Crippen LogP) is -2.57. The Morgan fingerprint density at radius 2 is 1.95 bits per heavy atom. The molecule has 44 heavy (non-hydrogen) atoms. The van der Waals surface area contributed by atoms with E-state index in [0.29, 0.717) is 0 Å². The second-order valence-electron chi connectivity index (χ2n) is 9.45. The molecule has 0 aliphatic carbocycles. The van der Waals surface area contributed by atoms with Crippen molar-refractivity contribution in [1.82, 2.24) is 19.5 Å². The van der Waals surface area contributed by atoms with Crippen LogP contribution < -0.4 is 5.73 Å². The van der Waals surface area contributed by atoms with Crippen LogP contribution in [0.4, 0.5) is 5.82 Å². The van der Waals surface area contributed by atoms with Gasteiger partial charge in [-0.15, -0.1) is 6.58 Å². The molecule has 12 atom stereocenters. The van der Waals surface area contributed by atoms with Crippen molar-refractivity contribution in [2.45, 2.75) is 60.8 Å². The number of azide groups is 1. The van der Waals surface area contributed by atoms with Crippen molar-refractivity contribution in [3.63, 3.8) is 0 Å². The zero-order valence-electron chi connectivity index (χ0n) is 22.1. The predicted molar refractivity (Wildman–Crippen MR) is 146 cm³/mol. The van der Waals surface area contributed by atoms with Gasteiger partial charge in [0.2, 0.25) is 0 Å². The van der Waals surface area contributed by atoms with Gasteiger partial charge in [0, 0.05) is 4.91 Å². The van der Waals surface area contributed by atoms with Gasteiger partial charge in [-0.2, -0.15) is 0 Å². The molecule has 2 fully saturated rings. The lowest BCUT2D eigenvalue weighted by molar-refractivity contribution is -0.292. The standard InChI is InChI=1S/C19H28N8O14P2S/c1-2-19(25-26-21)14(33)8(38-18(19)27-6-24-9-15(20)22-5-23-16(9)27)4-37-43(36,44)41-42(34,35)40-17-12(32)10(30)11(31)13(39-17)7(29)3-28/h2,5-8,10-14,17-18,28-33H,1,3-4H2,(H,34,35)(H,36,44)(H2,20,22,23)/t7-,8+,10?,11?,12?,13?,14+,17?,18+,19+,43?/m0/s1. The van der Waals surface area contributed by atoms with E-state index in [1.54, 1.807) is 0 Å². The zero-order valence-corrected chi connectivity index (χ0v) is 24.7. The maximum atomic E-state index is 12.6. The molecule has 4 rings (SSSR count). The van der Waals surface area contributed by atoms with Crippen LogP contribution >= 0.6 is 14.5 Å². The van der Waals surface area contributed by atoms with Crippen LogP contribution in [0.3, 0.4) is 0 Å². The van der Waals surface area contributed by atoms with Gasteiger partial charge in [0.15, 0.2) is 24.0 Å². The molecule has 0 amide bonds. The van der Waals surface area contributed by atoms with Gasteiger partial charge in [-0.1, -0.05) is 11.2 Å². The van der Waals surface area contributed by atoms with Crippen LogP contribution in [0.15, 0.2) is 30.4 Å². The molecule has 0 aromatic carbocycles. The number of ether oxygens (including phenoxy) is 2. The number of phosphoric acid groups is 1. The molecule has 25 heteroatoms. The van der Waals surface area contributed by atoms with Gasteiger partial charge in [-0.05, 0) is 17.3 Å². The number of nitrogen functional groups attached to an aromatic ring is 1. The zero-order chi connectivity index (χ0) is 32.6. The van der Waals surface area contributed by atoms with Crippen LogP contribution in [0, 0.1) is 0 Å². The van der Waals surface area contributed by atoms with E-state index in [-0.39, 0.29) is 17.0 Å². The number of phosphoric ester groups is 1. The SMILES string of the molecule is C=C[C@@]1(N=[N+]=[N-])[C@H](O)[C@@H](COP(O)(=S)OP(=O)(O)OC2OC([C@@H](O)CO)C(O)C(O)C2O)O[C@H]1n1cnc2c(N)ncnc21. The highest BCUT2D eigenvalue weighted by Gasteiger charge is 2.56. The Kier molecular flexibility index (Phi) is 10.4. The van der Waals surface area contributed by atoms with Crippen molar-refractivity contribution in [2.24, 2.45) is 5.11 Å². The molecule has 2 aromatic rings. The van der Waals surface area contributed by atoms with Gasteiger partial charge in [0.05, 0.1) is 19.5 Å². The molecule has 7 unspecified atom stereocenters. The Labute approximate surface area is 251 Å². The summed E-state index contributed by atoms with van der Waals surface area (Å²) in [6.07, 6.45) is -13.1. The molecule has 2 aliphatic rings. The number of hydrogen-bond donors (Lipinski definition) is 9. The molecule has 2 saturated heterocycles. The maximum absolute atomic E-state index is 12.6. The Balaban J connectivity index is 1.49. The normalized spacial score (nSPS) is 35.8. The minimum absolute atomic E-state index is 0.0193. The molecule has 4 heterocycles. The second kappa shape index (κ2) is 13.2. The van der Waals surface area contributed by atoms with Crippen molar-refractivity contribution in [1.29, 1.82) is 0 Å². The van der Waals surface area contributed by atoms with E-state index in [1.807, 2.05) is 0 Å². The lowest BCUT2D eigenvalue weighted by atomic mass is 9.91. The summed E-state index contributed by atoms with van der Waals surface area (Å²) in [5, 5.41) is 63.8. The van der Waals surface area contributed by atoms with E-state index >= 15 is 0 Å². The molecule has 2 aromatic heterocycles. The highest BCUT2D eigenvalue weighted by molar-refractivity contribution is 8.08. The topological polar surface area (TPSA) is 343 Å². The minimum atomic E-state index is -5.51. The molecule has 10 N–H and O–H groups in total. The van der Waals surface area contributed by atoms with Gasteiger partial charge < -0.3 is 60.2 Å². The van der Waals surface area contributed by atoms with Gasteiger partial charge in [0.1, 0.15) is 60.1 Å². The summed E-state index contributed by atoms with van der Waals surface area (Å²) >= 11 is 4.77. The van der Waals surface area contributed by atoms with Crippen LogP contribution in [-0.4, -0.2) is 128 Å². The Bertz CT molecular complexity index is 1520. The first-order chi connectivity index (χ1) is 20.6. The average molecular weight is 686 g/mol. The first-order valence-corrected chi connectivity index (χ1v) is 16.3. The fourth-order valence-electron chi connectivity index (χ4n) is 4.56. The van der Waals surface area contributed by atoms with E-state index < -0.39 is 88.5 Å². The first kappa shape index (κ1) is 34.6. The number of hydrogen-bond acceptors (Lipinski definition) is 18. The number of aliphatic hydroxyl groups is 6. The average Bonchev–Trinajstić information content (AvgIpc) is 3.51. The first-order valence-electron chi connectivity index (χ1n) is 12.3. The third-order valence-electron chi connectivity index (χ3n) is 6.73. The molecule has 0 saturated carbocycles. The number of fused-ring (bicyclic) bond motifs is 1.